The fraction of sp³-hybridized carbons (Fsp3) is 0.419. The summed E-state index contributed by atoms with van der Waals surface area (Å²) in [7, 11) is 0. The van der Waals surface area contributed by atoms with Gasteiger partial charge in [-0.1, -0.05) is 24.3 Å². The average molecular weight is 635 g/mol. The third-order valence-corrected chi connectivity index (χ3v) is 7.90. The normalized spacial score (nSPS) is 16.5. The molecule has 1 aromatic heterocycles. The second kappa shape index (κ2) is 12.6. The number of rotatable bonds is 5. The number of carbonyl (C=O) groups is 2. The minimum atomic E-state index is -5.01. The molecule has 240 valence electrons. The lowest BCUT2D eigenvalue weighted by molar-refractivity contribution is -0.143. The van der Waals surface area contributed by atoms with Gasteiger partial charge in [-0.15, -0.1) is 0 Å². The van der Waals surface area contributed by atoms with Gasteiger partial charge in [-0.2, -0.15) is 31.3 Å². The topological polar surface area (TPSA) is 90.5 Å². The van der Waals surface area contributed by atoms with Crippen molar-refractivity contribution in [1.29, 1.82) is 0 Å². The van der Waals surface area contributed by atoms with Crippen molar-refractivity contribution in [2.75, 3.05) is 36.4 Å². The van der Waals surface area contributed by atoms with Crippen LogP contribution in [-0.4, -0.2) is 58.9 Å². The van der Waals surface area contributed by atoms with Crippen molar-refractivity contribution in [1.82, 2.24) is 20.2 Å². The molecule has 5 rings (SSSR count). The van der Waals surface area contributed by atoms with Crippen LogP contribution in [0.3, 0.4) is 0 Å². The van der Waals surface area contributed by atoms with E-state index in [-0.39, 0.29) is 41.5 Å². The van der Waals surface area contributed by atoms with E-state index in [0.717, 1.165) is 5.56 Å². The van der Waals surface area contributed by atoms with Crippen molar-refractivity contribution in [2.45, 2.75) is 58.0 Å². The van der Waals surface area contributed by atoms with Gasteiger partial charge in [0.15, 0.2) is 0 Å². The molecule has 14 heteroatoms. The van der Waals surface area contributed by atoms with Crippen LogP contribution in [0, 0.1) is 6.92 Å². The Balaban J connectivity index is 1.56. The maximum atomic E-state index is 14.2. The molecule has 1 fully saturated rings. The number of aryl methyl sites for hydroxylation is 1. The molecule has 2 aliphatic heterocycles. The molecule has 2 N–H and O–H groups in total. The highest BCUT2D eigenvalue weighted by Crippen LogP contribution is 2.38. The average Bonchev–Trinajstić information content (AvgIpc) is 2.96. The number of fused-ring (bicyclic) bond motifs is 1. The van der Waals surface area contributed by atoms with Crippen LogP contribution in [-0.2, 0) is 23.7 Å². The molecule has 0 bridgehead atoms. The first kappa shape index (κ1) is 32.0. The molecule has 3 heterocycles. The van der Waals surface area contributed by atoms with Crippen molar-refractivity contribution < 1.29 is 35.9 Å². The highest BCUT2D eigenvalue weighted by Gasteiger charge is 2.38. The number of nitrogens with one attached hydrogen (secondary N) is 2. The summed E-state index contributed by atoms with van der Waals surface area (Å²) in [5, 5.41) is 6.13. The van der Waals surface area contributed by atoms with Gasteiger partial charge in [0.2, 0.25) is 11.9 Å². The summed E-state index contributed by atoms with van der Waals surface area (Å²) in [6.07, 6.45) is -8.32. The molecule has 0 radical (unpaired) electrons. The number of hydrogen-bond acceptors (Lipinski definition) is 6. The van der Waals surface area contributed by atoms with E-state index in [2.05, 4.69) is 10.6 Å². The molecule has 0 unspecified atom stereocenters. The van der Waals surface area contributed by atoms with Crippen LogP contribution in [0.15, 0.2) is 42.5 Å². The summed E-state index contributed by atoms with van der Waals surface area (Å²) in [6.45, 7) is 4.37. The van der Waals surface area contributed by atoms with Crippen molar-refractivity contribution in [3.63, 3.8) is 0 Å². The molecule has 3 aromatic rings. The first-order chi connectivity index (χ1) is 21.2. The molecule has 2 aromatic carbocycles. The van der Waals surface area contributed by atoms with E-state index in [1.165, 1.54) is 11.8 Å². The minimum absolute atomic E-state index is 0.0147. The summed E-state index contributed by atoms with van der Waals surface area (Å²) in [5.74, 6) is -0.123. The fourth-order valence-electron chi connectivity index (χ4n) is 5.68. The zero-order chi connectivity index (χ0) is 32.5. The van der Waals surface area contributed by atoms with E-state index in [9.17, 15) is 35.9 Å². The van der Waals surface area contributed by atoms with E-state index in [4.69, 9.17) is 9.97 Å². The first-order valence-electron chi connectivity index (χ1n) is 14.5. The molecular formula is C31H32F6N6O2. The third-order valence-electron chi connectivity index (χ3n) is 7.90. The Kier molecular flexibility index (Phi) is 8.95. The fourth-order valence-corrected chi connectivity index (χ4v) is 5.68. The Morgan fingerprint density at radius 2 is 1.62 bits per heavy atom. The second-order valence-electron chi connectivity index (χ2n) is 11.3. The maximum Gasteiger partial charge on any atom is 0.416 e. The van der Waals surface area contributed by atoms with Crippen molar-refractivity contribution in [2.24, 2.45) is 0 Å². The Bertz CT molecular complexity index is 1550. The summed E-state index contributed by atoms with van der Waals surface area (Å²) >= 11 is 0. The van der Waals surface area contributed by atoms with Crippen LogP contribution >= 0.6 is 0 Å². The zero-order valence-corrected chi connectivity index (χ0v) is 24.6. The van der Waals surface area contributed by atoms with Gasteiger partial charge < -0.3 is 20.4 Å². The largest absolute Gasteiger partial charge is 0.416 e. The van der Waals surface area contributed by atoms with E-state index < -0.39 is 35.9 Å². The van der Waals surface area contributed by atoms with Crippen LogP contribution in [0.2, 0.25) is 0 Å². The summed E-state index contributed by atoms with van der Waals surface area (Å²) in [6, 6.07) is 8.64. The predicted molar refractivity (Wildman–Crippen MR) is 156 cm³/mol. The number of amides is 2. The molecule has 1 saturated heterocycles. The van der Waals surface area contributed by atoms with Crippen LogP contribution < -0.4 is 15.5 Å². The molecule has 45 heavy (non-hydrogen) atoms. The summed E-state index contributed by atoms with van der Waals surface area (Å²) in [4.78, 5) is 38.5. The smallest absolute Gasteiger partial charge is 0.369 e. The van der Waals surface area contributed by atoms with E-state index >= 15 is 0 Å². The van der Waals surface area contributed by atoms with Gasteiger partial charge in [0.25, 0.3) is 5.91 Å². The molecule has 2 amide bonds. The van der Waals surface area contributed by atoms with Gasteiger partial charge in [-0.05, 0) is 55.5 Å². The highest BCUT2D eigenvalue weighted by atomic mass is 19.4. The lowest BCUT2D eigenvalue weighted by Gasteiger charge is -2.33. The first-order valence-corrected chi connectivity index (χ1v) is 14.5. The highest BCUT2D eigenvalue weighted by molar-refractivity contribution is 6.05. The van der Waals surface area contributed by atoms with Gasteiger partial charge in [0.05, 0.1) is 16.8 Å². The SMILES string of the molecule is CC(=O)NC1CCN(c2nc3c(c(-c4ccccc4C)n2)C(=O)N(Cc2cc(C(F)(F)F)cc(C(F)(F)F)c2)CCCN3)CC1. The molecule has 0 saturated carbocycles. The molecule has 0 atom stereocenters. The monoisotopic (exact) mass is 634 g/mol. The number of hydrogen-bond donors (Lipinski definition) is 2. The number of piperidine rings is 1. The van der Waals surface area contributed by atoms with Gasteiger partial charge >= 0.3 is 12.4 Å². The number of anilines is 2. The van der Waals surface area contributed by atoms with Crippen molar-refractivity contribution in [3.8, 4) is 11.3 Å². The van der Waals surface area contributed by atoms with Crippen LogP contribution in [0.4, 0.5) is 38.1 Å². The Labute approximate surface area is 255 Å². The van der Waals surface area contributed by atoms with E-state index in [1.54, 1.807) is 12.1 Å². The number of alkyl halides is 6. The molecule has 8 nitrogen and oxygen atoms in total. The van der Waals surface area contributed by atoms with Crippen LogP contribution in [0.1, 0.15) is 58.8 Å². The number of nitrogens with zero attached hydrogens (tertiary/aromatic N) is 4. The van der Waals surface area contributed by atoms with Crippen molar-refractivity contribution in [3.05, 3.63) is 70.3 Å². The number of benzene rings is 2. The Hall–Kier alpha value is -4.36. The number of aromatic nitrogens is 2. The van der Waals surface area contributed by atoms with E-state index in [1.807, 2.05) is 24.0 Å². The third kappa shape index (κ3) is 7.31. The van der Waals surface area contributed by atoms with Gasteiger partial charge in [0, 0.05) is 51.3 Å². The lowest BCUT2D eigenvalue weighted by Crippen LogP contribution is -2.44. The van der Waals surface area contributed by atoms with Gasteiger partial charge in [-0.25, -0.2) is 4.98 Å². The van der Waals surface area contributed by atoms with Crippen LogP contribution in [0.5, 0.6) is 0 Å². The second-order valence-corrected chi connectivity index (χ2v) is 11.3. The van der Waals surface area contributed by atoms with Gasteiger partial charge in [-0.3, -0.25) is 9.59 Å². The lowest BCUT2D eigenvalue weighted by atomic mass is 9.99. The van der Waals surface area contributed by atoms with Gasteiger partial charge in [0.1, 0.15) is 11.4 Å². The standard InChI is InChI=1S/C31H32F6N6O2/c1-18-6-3-4-7-24(18)26-25-27(41-29(40-26)42-12-8-23(9-13-42)39-19(2)44)38-10-5-11-43(28(25)45)17-20-14-21(30(32,33)34)16-22(15-20)31(35,36)37/h3-4,6-7,14-16,23H,5,8-13,17H2,1-2H3,(H,39,44)(H,38,40,41). The van der Waals surface area contributed by atoms with Crippen LogP contribution in [0.25, 0.3) is 11.3 Å². The molecule has 0 spiro atoms. The molecular weight excluding hydrogens is 602 g/mol. The minimum Gasteiger partial charge on any atom is -0.369 e. The number of halogens is 6. The molecule has 2 aliphatic rings. The van der Waals surface area contributed by atoms with E-state index in [0.29, 0.717) is 68.2 Å². The summed E-state index contributed by atoms with van der Waals surface area (Å²) < 4.78 is 81.4. The summed E-state index contributed by atoms with van der Waals surface area (Å²) in [5.41, 5.74) is -1.33. The molecule has 0 aliphatic carbocycles. The Morgan fingerprint density at radius 1 is 0.978 bits per heavy atom. The maximum absolute atomic E-state index is 14.2. The predicted octanol–water partition coefficient (Wildman–Crippen LogP) is 6.05. The quantitative estimate of drug-likeness (QED) is 0.332. The van der Waals surface area contributed by atoms with Crippen molar-refractivity contribution >= 4 is 23.6 Å². The zero-order valence-electron chi connectivity index (χ0n) is 24.6. The Morgan fingerprint density at radius 3 is 2.22 bits per heavy atom. The number of carbonyl (C=O) groups excluding carboxylic acids is 2.